The third kappa shape index (κ3) is 6.23. The van der Waals surface area contributed by atoms with E-state index >= 15 is 0 Å². The van der Waals surface area contributed by atoms with Gasteiger partial charge in [-0.3, -0.25) is 11.3 Å². The molecule has 0 spiro atoms. The van der Waals surface area contributed by atoms with Gasteiger partial charge in [-0.25, -0.2) is 0 Å². The maximum absolute atomic E-state index is 5.68. The molecule has 0 aliphatic heterocycles. The van der Waals surface area contributed by atoms with Crippen molar-refractivity contribution in [2.24, 2.45) is 5.84 Å². The van der Waals surface area contributed by atoms with E-state index in [-0.39, 0.29) is 0 Å². The van der Waals surface area contributed by atoms with Crippen LogP contribution in [0, 0.1) is 0 Å². The fourth-order valence-electron chi connectivity index (χ4n) is 2.68. The largest absolute Gasteiger partial charge is 0.271 e. The Morgan fingerprint density at radius 3 is 2.59 bits per heavy atom. The second-order valence-electron chi connectivity index (χ2n) is 5.30. The Kier molecular flexibility index (Phi) is 8.37. The average Bonchev–Trinajstić information content (AvgIpc) is 2.39. The standard InChI is InChI=1S/C15H30N2/c1-2-3-4-5-6-10-13-15(17-16)14-11-8-7-9-12-14/h11,15,17H,2-10,12-13,16H2,1H3. The molecule has 0 heterocycles. The minimum Gasteiger partial charge on any atom is -0.271 e. The molecule has 1 aliphatic rings. The summed E-state index contributed by atoms with van der Waals surface area (Å²) in [5, 5.41) is 0. The van der Waals surface area contributed by atoms with Gasteiger partial charge in [-0.1, -0.05) is 57.1 Å². The maximum Gasteiger partial charge on any atom is 0.0419 e. The fourth-order valence-corrected chi connectivity index (χ4v) is 2.68. The van der Waals surface area contributed by atoms with Crippen LogP contribution in [0.15, 0.2) is 11.6 Å². The van der Waals surface area contributed by atoms with Crippen LogP contribution in [-0.4, -0.2) is 6.04 Å². The van der Waals surface area contributed by atoms with Crippen molar-refractivity contribution >= 4 is 0 Å². The van der Waals surface area contributed by atoms with Gasteiger partial charge in [-0.15, -0.1) is 0 Å². The van der Waals surface area contributed by atoms with E-state index < -0.39 is 0 Å². The molecule has 17 heavy (non-hydrogen) atoms. The normalized spacial score (nSPS) is 17.9. The van der Waals surface area contributed by atoms with E-state index in [1.54, 1.807) is 5.57 Å². The number of nitrogens with two attached hydrogens (primary N) is 1. The molecular weight excluding hydrogens is 208 g/mol. The van der Waals surface area contributed by atoms with Crippen molar-refractivity contribution < 1.29 is 0 Å². The number of hydrogen-bond donors (Lipinski definition) is 2. The zero-order chi connectivity index (χ0) is 12.3. The van der Waals surface area contributed by atoms with Gasteiger partial charge < -0.3 is 0 Å². The van der Waals surface area contributed by atoms with Crippen LogP contribution in [0.3, 0.4) is 0 Å². The molecule has 100 valence electrons. The van der Waals surface area contributed by atoms with Crippen LogP contribution in [0.5, 0.6) is 0 Å². The van der Waals surface area contributed by atoms with Crippen molar-refractivity contribution in [1.29, 1.82) is 0 Å². The molecule has 0 saturated heterocycles. The predicted molar refractivity (Wildman–Crippen MR) is 75.7 cm³/mol. The molecule has 0 radical (unpaired) electrons. The minimum atomic E-state index is 0.446. The summed E-state index contributed by atoms with van der Waals surface area (Å²) >= 11 is 0. The Hall–Kier alpha value is -0.340. The molecule has 1 unspecified atom stereocenters. The molecule has 1 rings (SSSR count). The summed E-state index contributed by atoms with van der Waals surface area (Å²) in [6.07, 6.45) is 17.0. The number of hydrogen-bond acceptors (Lipinski definition) is 2. The van der Waals surface area contributed by atoms with Gasteiger partial charge in [0.25, 0.3) is 0 Å². The molecule has 2 nitrogen and oxygen atoms in total. The van der Waals surface area contributed by atoms with Gasteiger partial charge in [0.05, 0.1) is 0 Å². The SMILES string of the molecule is CCCCCCCCC(NN)C1=CCCCC1. The van der Waals surface area contributed by atoms with E-state index in [0.29, 0.717) is 6.04 Å². The first-order valence-electron chi connectivity index (χ1n) is 7.53. The van der Waals surface area contributed by atoms with Crippen molar-refractivity contribution in [1.82, 2.24) is 5.43 Å². The van der Waals surface area contributed by atoms with Gasteiger partial charge >= 0.3 is 0 Å². The Bertz CT molecular complexity index is 211. The van der Waals surface area contributed by atoms with Gasteiger partial charge in [-0.05, 0) is 32.1 Å². The van der Waals surface area contributed by atoms with E-state index in [9.17, 15) is 0 Å². The fraction of sp³-hybridized carbons (Fsp3) is 0.867. The Balaban J connectivity index is 2.12. The lowest BCUT2D eigenvalue weighted by molar-refractivity contribution is 0.482. The van der Waals surface area contributed by atoms with Gasteiger partial charge in [0, 0.05) is 6.04 Å². The van der Waals surface area contributed by atoms with Crippen molar-refractivity contribution in [3.05, 3.63) is 11.6 Å². The summed E-state index contributed by atoms with van der Waals surface area (Å²) in [5.41, 5.74) is 4.57. The van der Waals surface area contributed by atoms with E-state index in [4.69, 9.17) is 5.84 Å². The number of unbranched alkanes of at least 4 members (excludes halogenated alkanes) is 5. The quantitative estimate of drug-likeness (QED) is 0.275. The van der Waals surface area contributed by atoms with Crippen molar-refractivity contribution in [3.8, 4) is 0 Å². The molecule has 0 aromatic rings. The van der Waals surface area contributed by atoms with Crippen molar-refractivity contribution in [2.45, 2.75) is 83.6 Å². The molecule has 0 saturated carbocycles. The maximum atomic E-state index is 5.68. The molecule has 1 aliphatic carbocycles. The zero-order valence-corrected chi connectivity index (χ0v) is 11.5. The third-order valence-corrected chi connectivity index (χ3v) is 3.82. The highest BCUT2D eigenvalue weighted by Crippen LogP contribution is 2.23. The predicted octanol–water partition coefficient (Wildman–Crippen LogP) is 4.07. The van der Waals surface area contributed by atoms with Crippen molar-refractivity contribution in [2.75, 3.05) is 0 Å². The molecule has 0 fully saturated rings. The van der Waals surface area contributed by atoms with Crippen LogP contribution in [0.4, 0.5) is 0 Å². The Morgan fingerprint density at radius 1 is 1.18 bits per heavy atom. The third-order valence-electron chi connectivity index (χ3n) is 3.82. The smallest absolute Gasteiger partial charge is 0.0419 e. The molecule has 2 heteroatoms. The number of allylic oxidation sites excluding steroid dienone is 1. The summed E-state index contributed by atoms with van der Waals surface area (Å²) in [4.78, 5) is 0. The second-order valence-corrected chi connectivity index (χ2v) is 5.30. The second kappa shape index (κ2) is 9.67. The first-order valence-corrected chi connectivity index (χ1v) is 7.53. The Morgan fingerprint density at radius 2 is 1.94 bits per heavy atom. The topological polar surface area (TPSA) is 38.0 Å². The van der Waals surface area contributed by atoms with Crippen LogP contribution in [0.2, 0.25) is 0 Å². The summed E-state index contributed by atoms with van der Waals surface area (Å²) < 4.78 is 0. The Labute approximate surface area is 107 Å². The monoisotopic (exact) mass is 238 g/mol. The molecule has 0 amide bonds. The molecule has 0 aromatic carbocycles. The summed E-state index contributed by atoms with van der Waals surface area (Å²) in [7, 11) is 0. The first-order chi connectivity index (χ1) is 8.38. The van der Waals surface area contributed by atoms with E-state index in [1.165, 1.54) is 70.6 Å². The van der Waals surface area contributed by atoms with Gasteiger partial charge in [-0.2, -0.15) is 0 Å². The van der Waals surface area contributed by atoms with Gasteiger partial charge in [0.2, 0.25) is 0 Å². The lowest BCUT2D eigenvalue weighted by atomic mass is 9.91. The van der Waals surface area contributed by atoms with E-state index in [0.717, 1.165) is 0 Å². The molecule has 3 N–H and O–H groups in total. The summed E-state index contributed by atoms with van der Waals surface area (Å²) in [5.74, 6) is 5.68. The van der Waals surface area contributed by atoms with Crippen LogP contribution in [-0.2, 0) is 0 Å². The number of rotatable bonds is 9. The molecule has 0 aromatic heterocycles. The lowest BCUT2D eigenvalue weighted by Crippen LogP contribution is -2.37. The van der Waals surface area contributed by atoms with Crippen LogP contribution in [0.1, 0.15) is 77.6 Å². The zero-order valence-electron chi connectivity index (χ0n) is 11.5. The summed E-state index contributed by atoms with van der Waals surface area (Å²) in [6, 6.07) is 0.446. The lowest BCUT2D eigenvalue weighted by Gasteiger charge is -2.22. The average molecular weight is 238 g/mol. The van der Waals surface area contributed by atoms with Crippen LogP contribution >= 0.6 is 0 Å². The van der Waals surface area contributed by atoms with Gasteiger partial charge in [0.1, 0.15) is 0 Å². The minimum absolute atomic E-state index is 0.446. The highest BCUT2D eigenvalue weighted by molar-refractivity contribution is 5.12. The highest BCUT2D eigenvalue weighted by Gasteiger charge is 2.14. The van der Waals surface area contributed by atoms with Crippen LogP contribution < -0.4 is 11.3 Å². The van der Waals surface area contributed by atoms with Crippen molar-refractivity contribution in [3.63, 3.8) is 0 Å². The highest BCUT2D eigenvalue weighted by atomic mass is 15.2. The first kappa shape index (κ1) is 14.7. The molecule has 1 atom stereocenters. The van der Waals surface area contributed by atoms with E-state index in [1.807, 2.05) is 0 Å². The number of hydrazine groups is 1. The molecular formula is C15H30N2. The molecule has 0 bridgehead atoms. The van der Waals surface area contributed by atoms with E-state index in [2.05, 4.69) is 18.4 Å². The number of nitrogens with one attached hydrogen (secondary N) is 1. The van der Waals surface area contributed by atoms with Gasteiger partial charge in [0.15, 0.2) is 0 Å². The summed E-state index contributed by atoms with van der Waals surface area (Å²) in [6.45, 7) is 2.27. The van der Waals surface area contributed by atoms with Crippen LogP contribution in [0.25, 0.3) is 0 Å².